The van der Waals surface area contributed by atoms with Gasteiger partial charge in [-0.2, -0.15) is 0 Å². The number of benzene rings is 2. The normalized spacial score (nSPS) is 19.0. The number of amides is 1. The molecule has 1 N–H and O–H groups in total. The molecule has 0 radical (unpaired) electrons. The van der Waals surface area contributed by atoms with Crippen molar-refractivity contribution in [3.8, 4) is 5.75 Å². The summed E-state index contributed by atoms with van der Waals surface area (Å²) in [5.41, 5.74) is 1.75. The highest BCUT2D eigenvalue weighted by molar-refractivity contribution is 5.80. The number of likely N-dealkylation sites (tertiary alicyclic amines) is 1. The molecular formula is C22H25FN2O4. The summed E-state index contributed by atoms with van der Waals surface area (Å²) in [5, 5.41) is 2.98. The van der Waals surface area contributed by atoms with Gasteiger partial charge >= 0.3 is 5.97 Å². The number of esters is 1. The lowest BCUT2D eigenvalue weighted by Crippen LogP contribution is -2.38. The number of carbonyl (C=O) groups excluding carboxylic acids is 2. The fraction of sp³-hybridized carbons (Fsp3) is 0.364. The minimum atomic E-state index is -0.428. The first-order valence-electron chi connectivity index (χ1n) is 9.47. The minimum absolute atomic E-state index is 0.159. The van der Waals surface area contributed by atoms with Gasteiger partial charge in [-0.25, -0.2) is 4.39 Å². The Balaban J connectivity index is 1.64. The topological polar surface area (TPSA) is 67.9 Å². The van der Waals surface area contributed by atoms with Crippen LogP contribution in [0, 0.1) is 5.82 Å². The molecule has 1 amide bonds. The Kier molecular flexibility index (Phi) is 6.82. The summed E-state index contributed by atoms with van der Waals surface area (Å²) in [6, 6.07) is 12.9. The third kappa shape index (κ3) is 5.54. The molecule has 154 valence electrons. The molecule has 0 spiro atoms. The lowest BCUT2D eigenvalue weighted by molar-refractivity contribution is -0.146. The number of carbonyl (C=O) groups is 2. The van der Waals surface area contributed by atoms with Crippen molar-refractivity contribution in [1.82, 2.24) is 10.2 Å². The first kappa shape index (κ1) is 20.8. The van der Waals surface area contributed by atoms with E-state index in [-0.39, 0.29) is 30.2 Å². The highest BCUT2D eigenvalue weighted by Crippen LogP contribution is 2.23. The van der Waals surface area contributed by atoms with E-state index in [1.54, 1.807) is 19.2 Å². The standard InChI is InChI=1S/C22H25FN2O4/c1-28-19-5-3-4-16(10-19)13-25-14-18(12-20(25)22(27)29-2)24-21(26)11-15-6-8-17(23)9-7-15/h3-10,18,20H,11-14H2,1-2H3,(H,24,26)/t18-,20+/m1/s1. The monoisotopic (exact) mass is 400 g/mol. The molecule has 1 aliphatic rings. The van der Waals surface area contributed by atoms with Gasteiger partial charge in [-0.15, -0.1) is 0 Å². The van der Waals surface area contributed by atoms with E-state index in [4.69, 9.17) is 9.47 Å². The van der Waals surface area contributed by atoms with Gasteiger partial charge < -0.3 is 14.8 Å². The van der Waals surface area contributed by atoms with Crippen molar-refractivity contribution in [2.24, 2.45) is 0 Å². The van der Waals surface area contributed by atoms with Gasteiger partial charge in [0, 0.05) is 19.1 Å². The highest BCUT2D eigenvalue weighted by Gasteiger charge is 2.38. The molecule has 0 aromatic heterocycles. The largest absolute Gasteiger partial charge is 0.497 e. The molecule has 2 atom stereocenters. The van der Waals surface area contributed by atoms with Crippen molar-refractivity contribution in [1.29, 1.82) is 0 Å². The van der Waals surface area contributed by atoms with Crippen LogP contribution in [0.1, 0.15) is 17.5 Å². The molecule has 1 aliphatic heterocycles. The van der Waals surface area contributed by atoms with Crippen molar-refractivity contribution in [3.63, 3.8) is 0 Å². The molecule has 0 aliphatic carbocycles. The van der Waals surface area contributed by atoms with Crippen LogP contribution >= 0.6 is 0 Å². The molecule has 1 saturated heterocycles. The third-order valence-corrected chi connectivity index (χ3v) is 5.04. The Labute approximate surface area is 169 Å². The Morgan fingerprint density at radius 1 is 1.14 bits per heavy atom. The summed E-state index contributed by atoms with van der Waals surface area (Å²) in [7, 11) is 2.98. The molecule has 7 heteroatoms. The number of nitrogens with one attached hydrogen (secondary N) is 1. The zero-order valence-electron chi connectivity index (χ0n) is 16.6. The Morgan fingerprint density at radius 2 is 1.90 bits per heavy atom. The van der Waals surface area contributed by atoms with Gasteiger partial charge in [0.25, 0.3) is 0 Å². The molecule has 2 aromatic carbocycles. The van der Waals surface area contributed by atoms with Crippen LogP contribution in [0.2, 0.25) is 0 Å². The Hall–Kier alpha value is -2.93. The number of halogens is 1. The average molecular weight is 400 g/mol. The van der Waals surface area contributed by atoms with Crippen molar-refractivity contribution in [2.75, 3.05) is 20.8 Å². The summed E-state index contributed by atoms with van der Waals surface area (Å²) in [5.74, 6) is -0.0591. The Bertz CT molecular complexity index is 856. The highest BCUT2D eigenvalue weighted by atomic mass is 19.1. The van der Waals surface area contributed by atoms with Gasteiger partial charge in [0.15, 0.2) is 0 Å². The fourth-order valence-electron chi connectivity index (χ4n) is 3.64. The van der Waals surface area contributed by atoms with E-state index < -0.39 is 6.04 Å². The van der Waals surface area contributed by atoms with Gasteiger partial charge in [0.2, 0.25) is 5.91 Å². The lowest BCUT2D eigenvalue weighted by atomic mass is 10.1. The summed E-state index contributed by atoms with van der Waals surface area (Å²) < 4.78 is 23.2. The quantitative estimate of drug-likeness (QED) is 0.723. The molecule has 1 heterocycles. The van der Waals surface area contributed by atoms with E-state index >= 15 is 0 Å². The number of rotatable bonds is 7. The predicted molar refractivity (Wildman–Crippen MR) is 106 cm³/mol. The summed E-state index contributed by atoms with van der Waals surface area (Å²) >= 11 is 0. The fourth-order valence-corrected chi connectivity index (χ4v) is 3.64. The van der Waals surface area contributed by atoms with Gasteiger partial charge in [-0.1, -0.05) is 24.3 Å². The van der Waals surface area contributed by atoms with Crippen LogP contribution in [-0.2, 0) is 27.3 Å². The number of hydrogen-bond acceptors (Lipinski definition) is 5. The average Bonchev–Trinajstić information content (AvgIpc) is 3.11. The molecule has 1 fully saturated rings. The molecule has 0 bridgehead atoms. The smallest absolute Gasteiger partial charge is 0.323 e. The van der Waals surface area contributed by atoms with Crippen LogP contribution in [0.15, 0.2) is 48.5 Å². The van der Waals surface area contributed by atoms with Crippen LogP contribution < -0.4 is 10.1 Å². The molecule has 0 unspecified atom stereocenters. The number of methoxy groups -OCH3 is 2. The number of ether oxygens (including phenoxy) is 2. The summed E-state index contributed by atoms with van der Waals surface area (Å²) in [6.45, 7) is 1.08. The zero-order valence-corrected chi connectivity index (χ0v) is 16.6. The molecule has 3 rings (SSSR count). The van der Waals surface area contributed by atoms with E-state index in [0.29, 0.717) is 19.5 Å². The minimum Gasteiger partial charge on any atom is -0.497 e. The number of nitrogens with zero attached hydrogens (tertiary/aromatic N) is 1. The van der Waals surface area contributed by atoms with E-state index in [1.165, 1.54) is 19.2 Å². The van der Waals surface area contributed by atoms with Crippen molar-refractivity contribution in [3.05, 3.63) is 65.5 Å². The maximum Gasteiger partial charge on any atom is 0.323 e. The van der Waals surface area contributed by atoms with Crippen LogP contribution in [-0.4, -0.2) is 49.6 Å². The van der Waals surface area contributed by atoms with Gasteiger partial charge in [-0.05, 0) is 41.8 Å². The molecule has 2 aromatic rings. The van der Waals surface area contributed by atoms with Gasteiger partial charge in [0.05, 0.1) is 20.6 Å². The number of hydrogen-bond donors (Lipinski definition) is 1. The van der Waals surface area contributed by atoms with E-state index in [1.807, 2.05) is 29.2 Å². The second-order valence-corrected chi connectivity index (χ2v) is 7.12. The maximum atomic E-state index is 13.0. The van der Waals surface area contributed by atoms with Crippen molar-refractivity contribution < 1.29 is 23.5 Å². The van der Waals surface area contributed by atoms with Crippen molar-refractivity contribution in [2.45, 2.75) is 31.5 Å². The van der Waals surface area contributed by atoms with Crippen LogP contribution in [0.3, 0.4) is 0 Å². The van der Waals surface area contributed by atoms with Crippen molar-refractivity contribution >= 4 is 11.9 Å². The van der Waals surface area contributed by atoms with Gasteiger partial charge in [0.1, 0.15) is 17.6 Å². The van der Waals surface area contributed by atoms with Crippen LogP contribution in [0.25, 0.3) is 0 Å². The third-order valence-electron chi connectivity index (χ3n) is 5.04. The SMILES string of the molecule is COC(=O)[C@@H]1C[C@@H](NC(=O)Cc2ccc(F)cc2)CN1Cc1cccc(OC)c1. The van der Waals surface area contributed by atoms with E-state index in [0.717, 1.165) is 16.9 Å². The maximum absolute atomic E-state index is 13.0. The molecular weight excluding hydrogens is 375 g/mol. The second-order valence-electron chi connectivity index (χ2n) is 7.12. The summed E-state index contributed by atoms with van der Waals surface area (Å²) in [4.78, 5) is 26.7. The molecule has 0 saturated carbocycles. The molecule has 6 nitrogen and oxygen atoms in total. The Morgan fingerprint density at radius 3 is 2.59 bits per heavy atom. The lowest BCUT2D eigenvalue weighted by Gasteiger charge is -2.22. The first-order chi connectivity index (χ1) is 14.0. The van der Waals surface area contributed by atoms with Crippen LogP contribution in [0.4, 0.5) is 4.39 Å². The predicted octanol–water partition coefficient (Wildman–Crippen LogP) is 2.31. The second kappa shape index (κ2) is 9.52. The molecule has 29 heavy (non-hydrogen) atoms. The summed E-state index contributed by atoms with van der Waals surface area (Å²) in [6.07, 6.45) is 0.640. The first-order valence-corrected chi connectivity index (χ1v) is 9.47. The van der Waals surface area contributed by atoms with Crippen LogP contribution in [0.5, 0.6) is 5.75 Å². The van der Waals surface area contributed by atoms with Gasteiger partial charge in [-0.3, -0.25) is 14.5 Å². The van der Waals surface area contributed by atoms with E-state index in [9.17, 15) is 14.0 Å². The van der Waals surface area contributed by atoms with E-state index in [2.05, 4.69) is 5.32 Å². The zero-order chi connectivity index (χ0) is 20.8.